The maximum absolute atomic E-state index is 12.6. The first-order chi connectivity index (χ1) is 8.63. The highest BCUT2D eigenvalue weighted by molar-refractivity contribution is 9.10. The molecule has 1 aliphatic carbocycles. The van der Waals surface area contributed by atoms with Crippen LogP contribution in [0.5, 0.6) is 0 Å². The summed E-state index contributed by atoms with van der Waals surface area (Å²) in [5.41, 5.74) is 0.789. The molecule has 0 N–H and O–H groups in total. The molecule has 2 rings (SSSR count). The fourth-order valence-corrected chi connectivity index (χ4v) is 3.40. The first-order valence-corrected chi connectivity index (χ1v) is 7.79. The molecule has 0 radical (unpaired) electrons. The van der Waals surface area contributed by atoms with E-state index in [4.69, 9.17) is 11.6 Å². The molecule has 3 heteroatoms. The third-order valence-electron chi connectivity index (χ3n) is 3.97. The van der Waals surface area contributed by atoms with E-state index < -0.39 is 0 Å². The smallest absolute Gasteiger partial charge is 0.166 e. The fraction of sp³-hybridized carbons (Fsp3) is 0.533. The monoisotopic (exact) mass is 328 g/mol. The van der Waals surface area contributed by atoms with Crippen LogP contribution in [-0.2, 0) is 0 Å². The molecule has 1 aromatic carbocycles. The molecule has 0 amide bonds. The summed E-state index contributed by atoms with van der Waals surface area (Å²) in [5, 5.41) is 0.655. The van der Waals surface area contributed by atoms with Gasteiger partial charge in [0.2, 0.25) is 0 Å². The second kappa shape index (κ2) is 6.21. The molecule has 98 valence electrons. The standard InChI is InChI=1S/C15H18BrClO/c1-2-10-5-3-4-6-12(10)15(18)11-7-8-14(17)13(16)9-11/h7-10,12H,2-6H2,1H3. The van der Waals surface area contributed by atoms with Crippen LogP contribution in [0.2, 0.25) is 5.02 Å². The first kappa shape index (κ1) is 14.1. The van der Waals surface area contributed by atoms with Gasteiger partial charge < -0.3 is 0 Å². The molecule has 2 unspecified atom stereocenters. The van der Waals surface area contributed by atoms with E-state index in [1.54, 1.807) is 6.07 Å². The predicted molar refractivity (Wildman–Crippen MR) is 79.2 cm³/mol. The van der Waals surface area contributed by atoms with Crippen molar-refractivity contribution in [2.24, 2.45) is 11.8 Å². The molecule has 0 aromatic heterocycles. The summed E-state index contributed by atoms with van der Waals surface area (Å²) in [6, 6.07) is 5.49. The van der Waals surface area contributed by atoms with Gasteiger partial charge in [0.15, 0.2) is 5.78 Å². The van der Waals surface area contributed by atoms with E-state index in [0.29, 0.717) is 16.7 Å². The largest absolute Gasteiger partial charge is 0.294 e. The molecular formula is C15H18BrClO. The average molecular weight is 330 g/mol. The summed E-state index contributed by atoms with van der Waals surface area (Å²) < 4.78 is 0.805. The lowest BCUT2D eigenvalue weighted by Gasteiger charge is -2.29. The Balaban J connectivity index is 2.21. The Kier molecular flexibility index (Phi) is 4.85. The van der Waals surface area contributed by atoms with Crippen molar-refractivity contribution in [3.63, 3.8) is 0 Å². The van der Waals surface area contributed by atoms with Crippen molar-refractivity contribution in [1.82, 2.24) is 0 Å². The molecule has 0 spiro atoms. The minimum Gasteiger partial charge on any atom is -0.294 e. The summed E-state index contributed by atoms with van der Waals surface area (Å²) in [5.74, 6) is 1.05. The number of halogens is 2. The Morgan fingerprint density at radius 1 is 1.39 bits per heavy atom. The van der Waals surface area contributed by atoms with Crippen molar-refractivity contribution in [3.05, 3.63) is 33.3 Å². The molecule has 1 saturated carbocycles. The lowest BCUT2D eigenvalue weighted by atomic mass is 9.74. The van der Waals surface area contributed by atoms with Gasteiger partial charge in [-0.1, -0.05) is 37.8 Å². The number of hydrogen-bond acceptors (Lipinski definition) is 1. The first-order valence-electron chi connectivity index (χ1n) is 6.62. The van der Waals surface area contributed by atoms with Crippen LogP contribution in [-0.4, -0.2) is 5.78 Å². The van der Waals surface area contributed by atoms with Crippen LogP contribution in [0.25, 0.3) is 0 Å². The molecule has 2 atom stereocenters. The van der Waals surface area contributed by atoms with Gasteiger partial charge >= 0.3 is 0 Å². The summed E-state index contributed by atoms with van der Waals surface area (Å²) in [6.45, 7) is 2.19. The lowest BCUT2D eigenvalue weighted by molar-refractivity contribution is 0.0820. The van der Waals surface area contributed by atoms with E-state index in [2.05, 4.69) is 22.9 Å². The third kappa shape index (κ3) is 2.97. The molecule has 1 aromatic rings. The highest BCUT2D eigenvalue weighted by atomic mass is 79.9. The second-order valence-corrected chi connectivity index (χ2v) is 6.31. The minimum atomic E-state index is 0.205. The Bertz CT molecular complexity index is 444. The lowest BCUT2D eigenvalue weighted by Crippen LogP contribution is -2.26. The Labute approximate surface area is 122 Å². The zero-order chi connectivity index (χ0) is 13.1. The van der Waals surface area contributed by atoms with E-state index in [1.807, 2.05) is 12.1 Å². The van der Waals surface area contributed by atoms with E-state index in [-0.39, 0.29) is 5.92 Å². The highest BCUT2D eigenvalue weighted by Gasteiger charge is 2.30. The summed E-state index contributed by atoms with van der Waals surface area (Å²) in [6.07, 6.45) is 5.79. The van der Waals surface area contributed by atoms with Crippen molar-refractivity contribution in [3.8, 4) is 0 Å². The zero-order valence-corrected chi connectivity index (χ0v) is 12.9. The average Bonchev–Trinajstić information content (AvgIpc) is 2.41. The summed E-state index contributed by atoms with van der Waals surface area (Å²) in [4.78, 5) is 12.6. The fourth-order valence-electron chi connectivity index (χ4n) is 2.90. The van der Waals surface area contributed by atoms with Crippen LogP contribution in [0.4, 0.5) is 0 Å². The molecular weight excluding hydrogens is 312 g/mol. The van der Waals surface area contributed by atoms with Crippen molar-refractivity contribution in [1.29, 1.82) is 0 Å². The summed E-state index contributed by atoms with van der Waals surface area (Å²) >= 11 is 9.36. The van der Waals surface area contributed by atoms with Gasteiger partial charge in [-0.15, -0.1) is 0 Å². The molecule has 1 aliphatic rings. The Morgan fingerprint density at radius 2 is 2.11 bits per heavy atom. The molecule has 0 aliphatic heterocycles. The van der Waals surface area contributed by atoms with Gasteiger partial charge in [0, 0.05) is 16.0 Å². The van der Waals surface area contributed by atoms with Crippen LogP contribution in [0.15, 0.2) is 22.7 Å². The number of hydrogen-bond donors (Lipinski definition) is 0. The molecule has 18 heavy (non-hydrogen) atoms. The second-order valence-electron chi connectivity index (χ2n) is 5.05. The van der Waals surface area contributed by atoms with Crippen molar-refractivity contribution in [2.45, 2.75) is 39.0 Å². The van der Waals surface area contributed by atoms with Gasteiger partial charge in [-0.3, -0.25) is 4.79 Å². The van der Waals surface area contributed by atoms with Crippen LogP contribution in [0, 0.1) is 11.8 Å². The molecule has 0 heterocycles. The van der Waals surface area contributed by atoms with Gasteiger partial charge in [-0.2, -0.15) is 0 Å². The SMILES string of the molecule is CCC1CCCCC1C(=O)c1ccc(Cl)c(Br)c1. The molecule has 1 fully saturated rings. The van der Waals surface area contributed by atoms with Crippen LogP contribution >= 0.6 is 27.5 Å². The maximum Gasteiger partial charge on any atom is 0.166 e. The minimum absolute atomic E-state index is 0.205. The van der Waals surface area contributed by atoms with Crippen LogP contribution in [0.3, 0.4) is 0 Å². The van der Waals surface area contributed by atoms with Gasteiger partial charge in [0.1, 0.15) is 0 Å². The van der Waals surface area contributed by atoms with Gasteiger partial charge in [-0.25, -0.2) is 0 Å². The van der Waals surface area contributed by atoms with Gasteiger partial charge in [0.05, 0.1) is 5.02 Å². The normalized spacial score (nSPS) is 23.9. The van der Waals surface area contributed by atoms with Crippen LogP contribution in [0.1, 0.15) is 49.4 Å². The van der Waals surface area contributed by atoms with E-state index in [1.165, 1.54) is 19.3 Å². The van der Waals surface area contributed by atoms with Gasteiger partial charge in [-0.05, 0) is 52.9 Å². The third-order valence-corrected chi connectivity index (χ3v) is 5.19. The maximum atomic E-state index is 12.6. The molecule has 0 saturated heterocycles. The predicted octanol–water partition coefficient (Wildman–Crippen LogP) is 5.50. The van der Waals surface area contributed by atoms with Gasteiger partial charge in [0.25, 0.3) is 0 Å². The number of carbonyl (C=O) groups is 1. The quantitative estimate of drug-likeness (QED) is 0.669. The van der Waals surface area contributed by atoms with E-state index >= 15 is 0 Å². The molecule has 1 nitrogen and oxygen atoms in total. The number of Topliss-reactive ketones (excluding diaryl/α,β-unsaturated/α-hetero) is 1. The van der Waals surface area contributed by atoms with E-state index in [0.717, 1.165) is 22.9 Å². The molecule has 0 bridgehead atoms. The Morgan fingerprint density at radius 3 is 2.78 bits per heavy atom. The topological polar surface area (TPSA) is 17.1 Å². The summed E-state index contributed by atoms with van der Waals surface area (Å²) in [7, 11) is 0. The number of ketones is 1. The highest BCUT2D eigenvalue weighted by Crippen LogP contribution is 2.35. The van der Waals surface area contributed by atoms with E-state index in [9.17, 15) is 4.79 Å². The number of benzene rings is 1. The van der Waals surface area contributed by atoms with Crippen molar-refractivity contribution in [2.75, 3.05) is 0 Å². The number of carbonyl (C=O) groups excluding carboxylic acids is 1. The van der Waals surface area contributed by atoms with Crippen LogP contribution < -0.4 is 0 Å². The number of rotatable bonds is 3. The van der Waals surface area contributed by atoms with Crippen molar-refractivity contribution >= 4 is 33.3 Å². The zero-order valence-electron chi connectivity index (χ0n) is 10.6. The Hall–Kier alpha value is -0.340. The van der Waals surface area contributed by atoms with Crippen molar-refractivity contribution < 1.29 is 4.79 Å².